The zero-order valence-electron chi connectivity index (χ0n) is 8.13. The van der Waals surface area contributed by atoms with E-state index in [1.807, 2.05) is 26.0 Å². The van der Waals surface area contributed by atoms with Gasteiger partial charge >= 0.3 is 0 Å². The van der Waals surface area contributed by atoms with Gasteiger partial charge in [-0.3, -0.25) is 0 Å². The van der Waals surface area contributed by atoms with Gasteiger partial charge in [0.05, 0.1) is 0 Å². The van der Waals surface area contributed by atoms with Crippen LogP contribution in [0.4, 0.5) is 0 Å². The van der Waals surface area contributed by atoms with Crippen LogP contribution in [0.15, 0.2) is 12.1 Å². The van der Waals surface area contributed by atoms with Gasteiger partial charge in [-0.2, -0.15) is 0 Å². The average Bonchev–Trinajstić information content (AvgIpc) is 2.08. The zero-order chi connectivity index (χ0) is 10.9. The minimum absolute atomic E-state index is 0.330. The summed E-state index contributed by atoms with van der Waals surface area (Å²) in [6, 6.07) is 3.82. The Morgan fingerprint density at radius 1 is 1.07 bits per heavy atom. The molecule has 14 heavy (non-hydrogen) atoms. The second-order valence-electron chi connectivity index (χ2n) is 3.16. The fourth-order valence-electron chi connectivity index (χ4n) is 1.34. The van der Waals surface area contributed by atoms with Crippen LogP contribution >= 0.6 is 24.4 Å². The van der Waals surface area contributed by atoms with E-state index in [1.165, 1.54) is 0 Å². The first-order valence-electron chi connectivity index (χ1n) is 4.15. The third-order valence-electron chi connectivity index (χ3n) is 2.25. The highest BCUT2D eigenvalue weighted by Gasteiger charge is 2.11. The van der Waals surface area contributed by atoms with Gasteiger partial charge in [-0.05, 0) is 25.0 Å². The molecule has 0 saturated heterocycles. The van der Waals surface area contributed by atoms with Crippen LogP contribution in [0.2, 0.25) is 0 Å². The van der Waals surface area contributed by atoms with Gasteiger partial charge in [-0.25, -0.2) is 0 Å². The molecule has 0 atom stereocenters. The van der Waals surface area contributed by atoms with Crippen molar-refractivity contribution in [3.8, 4) is 0 Å². The maximum atomic E-state index is 5.64. The number of thiocarbonyl (C=S) groups is 2. The summed E-state index contributed by atoms with van der Waals surface area (Å²) >= 11 is 9.91. The molecule has 4 heteroatoms. The summed E-state index contributed by atoms with van der Waals surface area (Å²) in [4.78, 5) is 0.671. The Hall–Kier alpha value is -1.00. The van der Waals surface area contributed by atoms with E-state index in [0.717, 1.165) is 22.3 Å². The Labute approximate surface area is 94.3 Å². The molecule has 2 nitrogen and oxygen atoms in total. The normalized spacial score (nSPS) is 9.86. The summed E-state index contributed by atoms with van der Waals surface area (Å²) in [7, 11) is 0. The van der Waals surface area contributed by atoms with Crippen molar-refractivity contribution >= 4 is 34.4 Å². The zero-order valence-corrected chi connectivity index (χ0v) is 9.76. The molecule has 0 radical (unpaired) electrons. The Bertz CT molecular complexity index is 411. The average molecular weight is 224 g/mol. The van der Waals surface area contributed by atoms with Crippen molar-refractivity contribution in [3.63, 3.8) is 0 Å². The topological polar surface area (TPSA) is 52.0 Å². The Morgan fingerprint density at radius 3 is 2.07 bits per heavy atom. The van der Waals surface area contributed by atoms with E-state index >= 15 is 0 Å². The van der Waals surface area contributed by atoms with Gasteiger partial charge in [0.15, 0.2) is 0 Å². The molecule has 0 bridgehead atoms. The fraction of sp³-hybridized carbons (Fsp3) is 0.200. The van der Waals surface area contributed by atoms with Crippen molar-refractivity contribution in [2.24, 2.45) is 11.5 Å². The van der Waals surface area contributed by atoms with Gasteiger partial charge in [0, 0.05) is 11.1 Å². The fourth-order valence-corrected chi connectivity index (χ4v) is 1.77. The molecule has 1 aromatic rings. The van der Waals surface area contributed by atoms with Gasteiger partial charge < -0.3 is 11.5 Å². The number of hydrogen-bond acceptors (Lipinski definition) is 2. The van der Waals surface area contributed by atoms with Crippen LogP contribution in [0.3, 0.4) is 0 Å². The van der Waals surface area contributed by atoms with E-state index in [-0.39, 0.29) is 0 Å². The number of nitrogens with two attached hydrogens (primary N) is 2. The minimum Gasteiger partial charge on any atom is -0.389 e. The van der Waals surface area contributed by atoms with E-state index in [1.54, 1.807) is 0 Å². The quantitative estimate of drug-likeness (QED) is 0.749. The third-order valence-corrected chi connectivity index (χ3v) is 2.67. The predicted molar refractivity (Wildman–Crippen MR) is 67.7 cm³/mol. The van der Waals surface area contributed by atoms with Crippen LogP contribution in [0.5, 0.6) is 0 Å². The molecule has 0 fully saturated rings. The Balaban J connectivity index is 3.53. The van der Waals surface area contributed by atoms with Gasteiger partial charge in [-0.1, -0.05) is 36.6 Å². The van der Waals surface area contributed by atoms with Gasteiger partial charge in [0.1, 0.15) is 9.98 Å². The van der Waals surface area contributed by atoms with E-state index < -0.39 is 0 Å². The Morgan fingerprint density at radius 2 is 1.64 bits per heavy atom. The molecule has 1 rings (SSSR count). The SMILES string of the molecule is Cc1ccc(C(N)=S)c(C(N)=S)c1C. The molecule has 0 aliphatic heterocycles. The summed E-state index contributed by atoms with van der Waals surface area (Å²) in [5.41, 5.74) is 15.0. The van der Waals surface area contributed by atoms with E-state index in [2.05, 4.69) is 0 Å². The third kappa shape index (κ3) is 1.91. The lowest BCUT2D eigenvalue weighted by Gasteiger charge is -2.12. The van der Waals surface area contributed by atoms with Gasteiger partial charge in [0.2, 0.25) is 0 Å². The first-order valence-corrected chi connectivity index (χ1v) is 4.96. The molecular formula is C10H12N2S2. The highest BCUT2D eigenvalue weighted by molar-refractivity contribution is 7.81. The van der Waals surface area contributed by atoms with Crippen LogP contribution in [-0.2, 0) is 0 Å². The van der Waals surface area contributed by atoms with E-state index in [9.17, 15) is 0 Å². The molecular weight excluding hydrogens is 212 g/mol. The molecule has 0 aromatic heterocycles. The van der Waals surface area contributed by atoms with Crippen molar-refractivity contribution in [1.29, 1.82) is 0 Å². The second-order valence-corrected chi connectivity index (χ2v) is 4.04. The van der Waals surface area contributed by atoms with Crippen LogP contribution in [0, 0.1) is 13.8 Å². The monoisotopic (exact) mass is 224 g/mol. The molecule has 1 aromatic carbocycles. The Kier molecular flexibility index (Phi) is 3.18. The largest absolute Gasteiger partial charge is 0.389 e. The lowest BCUT2D eigenvalue weighted by Crippen LogP contribution is -2.20. The lowest BCUT2D eigenvalue weighted by atomic mass is 9.97. The summed E-state index contributed by atoms with van der Waals surface area (Å²) in [5, 5.41) is 0. The van der Waals surface area contributed by atoms with Crippen molar-refractivity contribution in [2.75, 3.05) is 0 Å². The summed E-state index contributed by atoms with van der Waals surface area (Å²) in [6.07, 6.45) is 0. The van der Waals surface area contributed by atoms with Crippen LogP contribution in [0.1, 0.15) is 22.3 Å². The molecule has 0 saturated carbocycles. The van der Waals surface area contributed by atoms with Crippen molar-refractivity contribution in [1.82, 2.24) is 0 Å². The molecule has 4 N–H and O–H groups in total. The number of benzene rings is 1. The minimum atomic E-state index is 0.330. The van der Waals surface area contributed by atoms with Crippen LogP contribution < -0.4 is 11.5 Å². The maximum absolute atomic E-state index is 5.64. The summed E-state index contributed by atoms with van der Waals surface area (Å²) < 4.78 is 0. The summed E-state index contributed by atoms with van der Waals surface area (Å²) in [6.45, 7) is 3.96. The maximum Gasteiger partial charge on any atom is 0.104 e. The molecule has 0 spiro atoms. The molecule has 0 unspecified atom stereocenters. The first-order chi connectivity index (χ1) is 6.45. The number of rotatable bonds is 2. The first kappa shape index (κ1) is 11.1. The molecule has 0 amide bonds. The smallest absolute Gasteiger partial charge is 0.104 e. The second kappa shape index (κ2) is 4.02. The van der Waals surface area contributed by atoms with Crippen LogP contribution in [-0.4, -0.2) is 9.98 Å². The van der Waals surface area contributed by atoms with E-state index in [4.69, 9.17) is 35.9 Å². The molecule has 0 aliphatic rings. The summed E-state index contributed by atoms with van der Waals surface area (Å²) in [5.74, 6) is 0. The van der Waals surface area contributed by atoms with E-state index in [0.29, 0.717) is 9.98 Å². The highest BCUT2D eigenvalue weighted by Crippen LogP contribution is 2.18. The number of aryl methyl sites for hydroxylation is 1. The lowest BCUT2D eigenvalue weighted by molar-refractivity contribution is 1.31. The highest BCUT2D eigenvalue weighted by atomic mass is 32.1. The van der Waals surface area contributed by atoms with Crippen molar-refractivity contribution in [2.45, 2.75) is 13.8 Å². The molecule has 74 valence electrons. The van der Waals surface area contributed by atoms with Crippen molar-refractivity contribution in [3.05, 3.63) is 34.4 Å². The van der Waals surface area contributed by atoms with Gasteiger partial charge in [-0.15, -0.1) is 0 Å². The molecule has 0 aliphatic carbocycles. The van der Waals surface area contributed by atoms with Crippen LogP contribution in [0.25, 0.3) is 0 Å². The van der Waals surface area contributed by atoms with Crippen molar-refractivity contribution < 1.29 is 0 Å². The predicted octanol–water partition coefficient (Wildman–Crippen LogP) is 1.57. The number of hydrogen-bond donors (Lipinski definition) is 2. The molecule has 0 heterocycles. The van der Waals surface area contributed by atoms with Gasteiger partial charge in [0.25, 0.3) is 0 Å². The standard InChI is InChI=1S/C10H12N2S2/c1-5-3-4-7(9(11)13)8(6(5)2)10(12)14/h3-4H,1-2H3,(H2,11,13)(H2,12,14).